The van der Waals surface area contributed by atoms with Crippen LogP contribution in [0, 0.1) is 11.8 Å². The van der Waals surface area contributed by atoms with E-state index in [4.69, 9.17) is 0 Å². The molecule has 122 valence electrons. The lowest BCUT2D eigenvalue weighted by atomic mass is 9.87. The molecular formula is C17H25ClN2OS. The van der Waals surface area contributed by atoms with Crippen molar-refractivity contribution in [2.75, 3.05) is 25.4 Å². The van der Waals surface area contributed by atoms with Gasteiger partial charge in [0.15, 0.2) is 0 Å². The summed E-state index contributed by atoms with van der Waals surface area (Å²) >= 11 is 1.98. The van der Waals surface area contributed by atoms with Crippen LogP contribution in [0.25, 0.3) is 0 Å². The van der Waals surface area contributed by atoms with Crippen LogP contribution in [0.1, 0.15) is 25.5 Å². The maximum absolute atomic E-state index is 13.0. The molecule has 0 spiro atoms. The molecule has 0 saturated carbocycles. The molecule has 2 aliphatic heterocycles. The molecule has 0 bridgehead atoms. The number of nitrogens with zero attached hydrogens (tertiary/aromatic N) is 1. The summed E-state index contributed by atoms with van der Waals surface area (Å²) in [6, 6.07) is 10.7. The van der Waals surface area contributed by atoms with E-state index in [1.165, 1.54) is 5.56 Å². The van der Waals surface area contributed by atoms with E-state index in [-0.39, 0.29) is 24.4 Å². The zero-order valence-corrected chi connectivity index (χ0v) is 14.8. The number of amides is 1. The molecule has 2 fully saturated rings. The maximum atomic E-state index is 13.0. The zero-order chi connectivity index (χ0) is 14.8. The molecule has 3 unspecified atom stereocenters. The van der Waals surface area contributed by atoms with Crippen molar-refractivity contribution in [3.05, 3.63) is 35.9 Å². The summed E-state index contributed by atoms with van der Waals surface area (Å²) in [5.74, 6) is 2.03. The van der Waals surface area contributed by atoms with Gasteiger partial charge in [0.1, 0.15) is 0 Å². The van der Waals surface area contributed by atoms with Crippen LogP contribution in [-0.2, 0) is 4.79 Å². The Morgan fingerprint density at radius 3 is 2.59 bits per heavy atom. The first kappa shape index (κ1) is 17.6. The second-order valence-electron chi connectivity index (χ2n) is 6.17. The van der Waals surface area contributed by atoms with Crippen LogP contribution in [-0.4, -0.2) is 41.4 Å². The van der Waals surface area contributed by atoms with Crippen LogP contribution >= 0.6 is 24.2 Å². The van der Waals surface area contributed by atoms with Crippen LogP contribution in [0.4, 0.5) is 0 Å². The number of carbonyl (C=O) groups is 1. The fourth-order valence-electron chi connectivity index (χ4n) is 3.30. The Balaban J connectivity index is 0.00000176. The van der Waals surface area contributed by atoms with Gasteiger partial charge in [-0.1, -0.05) is 44.2 Å². The highest BCUT2D eigenvalue weighted by Crippen LogP contribution is 2.37. The minimum atomic E-state index is 0. The van der Waals surface area contributed by atoms with Crippen molar-refractivity contribution in [2.45, 2.75) is 25.1 Å². The summed E-state index contributed by atoms with van der Waals surface area (Å²) in [7, 11) is 0. The first-order valence-electron chi connectivity index (χ1n) is 7.86. The second kappa shape index (κ2) is 7.71. The summed E-state index contributed by atoms with van der Waals surface area (Å²) < 4.78 is 0. The van der Waals surface area contributed by atoms with E-state index in [9.17, 15) is 4.79 Å². The van der Waals surface area contributed by atoms with Crippen molar-refractivity contribution in [3.63, 3.8) is 0 Å². The highest BCUT2D eigenvalue weighted by Gasteiger charge is 2.38. The third-order valence-corrected chi connectivity index (χ3v) is 6.03. The van der Waals surface area contributed by atoms with E-state index in [0.29, 0.717) is 17.1 Å². The molecule has 0 aliphatic carbocycles. The van der Waals surface area contributed by atoms with Crippen LogP contribution in [0.2, 0.25) is 0 Å². The second-order valence-corrected chi connectivity index (χ2v) is 7.66. The molecule has 2 saturated heterocycles. The molecule has 3 nitrogen and oxygen atoms in total. The Morgan fingerprint density at radius 2 is 2.00 bits per heavy atom. The largest absolute Gasteiger partial charge is 0.333 e. The SMILES string of the molecule is CC1SCCN(C(=O)C(C)C2CNC2)C1c1ccccc1.Cl. The highest BCUT2D eigenvalue weighted by atomic mass is 35.5. The average molecular weight is 341 g/mol. The number of halogens is 1. The quantitative estimate of drug-likeness (QED) is 0.918. The van der Waals surface area contributed by atoms with E-state index in [1.54, 1.807) is 0 Å². The number of hydrogen-bond donors (Lipinski definition) is 1. The molecular weight excluding hydrogens is 316 g/mol. The zero-order valence-electron chi connectivity index (χ0n) is 13.2. The Labute approximate surface area is 143 Å². The molecule has 0 aromatic heterocycles. The first-order valence-corrected chi connectivity index (χ1v) is 8.91. The number of thioether (sulfide) groups is 1. The van der Waals surface area contributed by atoms with Crippen molar-refractivity contribution in [1.29, 1.82) is 0 Å². The summed E-state index contributed by atoms with van der Waals surface area (Å²) in [6.07, 6.45) is 0. The van der Waals surface area contributed by atoms with Gasteiger partial charge in [0.05, 0.1) is 6.04 Å². The number of hydrogen-bond acceptors (Lipinski definition) is 3. The predicted molar refractivity (Wildman–Crippen MR) is 95.6 cm³/mol. The molecule has 1 aromatic carbocycles. The minimum Gasteiger partial charge on any atom is -0.333 e. The minimum absolute atomic E-state index is 0. The third-order valence-electron chi connectivity index (χ3n) is 4.83. The molecule has 0 radical (unpaired) electrons. The molecule has 2 aliphatic rings. The number of carbonyl (C=O) groups excluding carboxylic acids is 1. The fraction of sp³-hybridized carbons (Fsp3) is 0.588. The van der Waals surface area contributed by atoms with Gasteiger partial charge in [-0.25, -0.2) is 0 Å². The lowest BCUT2D eigenvalue weighted by Gasteiger charge is -2.43. The van der Waals surface area contributed by atoms with Crippen LogP contribution in [0.3, 0.4) is 0 Å². The van der Waals surface area contributed by atoms with E-state index >= 15 is 0 Å². The molecule has 3 atom stereocenters. The third kappa shape index (κ3) is 3.44. The molecule has 1 N–H and O–H groups in total. The van der Waals surface area contributed by atoms with Crippen LogP contribution in [0.5, 0.6) is 0 Å². The van der Waals surface area contributed by atoms with Crippen molar-refractivity contribution in [1.82, 2.24) is 10.2 Å². The van der Waals surface area contributed by atoms with Gasteiger partial charge in [-0.05, 0) is 24.6 Å². The van der Waals surface area contributed by atoms with Crippen molar-refractivity contribution < 1.29 is 4.79 Å². The Morgan fingerprint density at radius 1 is 1.32 bits per heavy atom. The van der Waals surface area contributed by atoms with Gasteiger partial charge in [-0.3, -0.25) is 4.79 Å². The van der Waals surface area contributed by atoms with Gasteiger partial charge in [0.2, 0.25) is 5.91 Å². The molecule has 2 heterocycles. The maximum Gasteiger partial charge on any atom is 0.226 e. The van der Waals surface area contributed by atoms with Crippen LogP contribution < -0.4 is 5.32 Å². The van der Waals surface area contributed by atoms with Crippen molar-refractivity contribution in [3.8, 4) is 0 Å². The standard InChI is InChI=1S/C17H24N2OS.ClH/c1-12(15-10-18-11-15)17(20)19-8-9-21-13(2)16(19)14-6-4-3-5-7-14;/h3-7,12-13,15-16,18H,8-11H2,1-2H3;1H. The average Bonchev–Trinajstić information content (AvgIpc) is 2.45. The van der Waals surface area contributed by atoms with Gasteiger partial charge in [0.25, 0.3) is 0 Å². The Kier molecular flexibility index (Phi) is 6.18. The summed E-state index contributed by atoms with van der Waals surface area (Å²) in [4.78, 5) is 15.1. The topological polar surface area (TPSA) is 32.3 Å². The summed E-state index contributed by atoms with van der Waals surface area (Å²) in [5, 5.41) is 3.73. The summed E-state index contributed by atoms with van der Waals surface area (Å²) in [5.41, 5.74) is 1.27. The number of rotatable bonds is 3. The van der Waals surface area contributed by atoms with Gasteiger partial charge < -0.3 is 10.2 Å². The van der Waals surface area contributed by atoms with E-state index in [1.807, 2.05) is 17.8 Å². The van der Waals surface area contributed by atoms with Crippen molar-refractivity contribution >= 4 is 30.1 Å². The lowest BCUT2D eigenvalue weighted by molar-refractivity contribution is -0.139. The van der Waals surface area contributed by atoms with Gasteiger partial charge in [-0.15, -0.1) is 12.4 Å². The first-order chi connectivity index (χ1) is 10.2. The molecule has 22 heavy (non-hydrogen) atoms. The highest BCUT2D eigenvalue weighted by molar-refractivity contribution is 8.00. The van der Waals surface area contributed by atoms with E-state index in [0.717, 1.165) is 25.4 Å². The monoisotopic (exact) mass is 340 g/mol. The molecule has 3 rings (SSSR count). The predicted octanol–water partition coefficient (Wildman–Crippen LogP) is 2.97. The summed E-state index contributed by atoms with van der Waals surface area (Å²) in [6.45, 7) is 7.19. The molecule has 1 amide bonds. The normalized spacial score (nSPS) is 26.7. The Bertz CT molecular complexity index is 495. The van der Waals surface area contributed by atoms with Gasteiger partial charge in [-0.2, -0.15) is 11.8 Å². The lowest BCUT2D eigenvalue weighted by Crippen LogP contribution is -2.53. The Hall–Kier alpha value is -0.710. The van der Waals surface area contributed by atoms with Crippen molar-refractivity contribution in [2.24, 2.45) is 11.8 Å². The number of nitrogens with one attached hydrogen (secondary N) is 1. The van der Waals surface area contributed by atoms with Crippen LogP contribution in [0.15, 0.2) is 30.3 Å². The molecule has 1 aromatic rings. The van der Waals surface area contributed by atoms with Gasteiger partial charge in [0, 0.05) is 23.5 Å². The molecule has 5 heteroatoms. The number of benzene rings is 1. The van der Waals surface area contributed by atoms with E-state index < -0.39 is 0 Å². The van der Waals surface area contributed by atoms with Gasteiger partial charge >= 0.3 is 0 Å². The smallest absolute Gasteiger partial charge is 0.226 e. The fourth-order valence-corrected chi connectivity index (χ4v) is 4.46. The van der Waals surface area contributed by atoms with E-state index in [2.05, 4.69) is 48.3 Å².